The Hall–Kier alpha value is -2.58. The monoisotopic (exact) mass is 463 g/mol. The molecule has 0 fully saturated rings. The molecule has 2 aromatic carbocycles. The number of hydrogen-bond acceptors (Lipinski definition) is 5. The lowest BCUT2D eigenvalue weighted by Gasteiger charge is -2.22. The smallest absolute Gasteiger partial charge is 0.306 e. The van der Waals surface area contributed by atoms with E-state index in [1.807, 2.05) is 0 Å². The van der Waals surface area contributed by atoms with Crippen LogP contribution < -0.4 is 4.18 Å². The van der Waals surface area contributed by atoms with Crippen LogP contribution in [0.4, 0.5) is 0 Å². The van der Waals surface area contributed by atoms with E-state index < -0.39 is 10.1 Å². The highest BCUT2D eigenvalue weighted by Crippen LogP contribution is 2.20. The molecular formula is C20H18BrNO5S. The van der Waals surface area contributed by atoms with Crippen LogP contribution in [0.2, 0.25) is 0 Å². The summed E-state index contributed by atoms with van der Waals surface area (Å²) < 4.78 is 33.9. The normalized spacial score (nSPS) is 11.2. The van der Waals surface area contributed by atoms with Gasteiger partial charge in [0.2, 0.25) is 0 Å². The molecule has 0 saturated heterocycles. The molecule has 0 atom stereocenters. The summed E-state index contributed by atoms with van der Waals surface area (Å²) in [5.41, 5.74) is 1.27. The fourth-order valence-corrected chi connectivity index (χ4v) is 3.37. The number of hydrogen-bond donors (Lipinski definition) is 0. The van der Waals surface area contributed by atoms with Gasteiger partial charge in [-0.25, -0.2) is 0 Å². The third kappa shape index (κ3) is 5.71. The molecule has 1 amide bonds. The predicted octanol–water partition coefficient (Wildman–Crippen LogP) is 4.22. The first kappa shape index (κ1) is 20.2. The van der Waals surface area contributed by atoms with Crippen LogP contribution in [0.5, 0.6) is 5.75 Å². The first-order chi connectivity index (χ1) is 13.3. The molecule has 28 heavy (non-hydrogen) atoms. The van der Waals surface area contributed by atoms with E-state index in [9.17, 15) is 13.2 Å². The van der Waals surface area contributed by atoms with Crippen LogP contribution >= 0.6 is 15.9 Å². The summed E-state index contributed by atoms with van der Waals surface area (Å²) in [6.07, 6.45) is 2.54. The van der Waals surface area contributed by atoms with E-state index >= 15 is 0 Å². The molecule has 0 saturated carbocycles. The molecule has 3 aromatic rings. The Morgan fingerprint density at radius 3 is 2.46 bits per heavy atom. The number of amides is 1. The van der Waals surface area contributed by atoms with Crippen molar-refractivity contribution in [2.24, 2.45) is 0 Å². The van der Waals surface area contributed by atoms with Gasteiger partial charge in [0.25, 0.3) is 5.91 Å². The van der Waals surface area contributed by atoms with E-state index in [1.165, 1.54) is 0 Å². The van der Waals surface area contributed by atoms with Crippen LogP contribution in [0.25, 0.3) is 0 Å². The van der Waals surface area contributed by atoms with Crippen LogP contribution in [0.15, 0.2) is 75.8 Å². The molecule has 3 rings (SSSR count). The minimum absolute atomic E-state index is 0.168. The second kappa shape index (κ2) is 8.62. The second-order valence-corrected chi connectivity index (χ2v) is 8.67. The summed E-state index contributed by atoms with van der Waals surface area (Å²) in [5.74, 6) is 0.682. The third-order valence-electron chi connectivity index (χ3n) is 3.82. The molecule has 0 radical (unpaired) electrons. The van der Waals surface area contributed by atoms with Gasteiger partial charge in [-0.1, -0.05) is 28.1 Å². The van der Waals surface area contributed by atoms with Gasteiger partial charge in [0.1, 0.15) is 11.5 Å². The molecule has 8 heteroatoms. The van der Waals surface area contributed by atoms with Gasteiger partial charge in [0.15, 0.2) is 0 Å². The Bertz CT molecular complexity index is 1050. The van der Waals surface area contributed by atoms with E-state index in [4.69, 9.17) is 8.60 Å². The highest BCUT2D eigenvalue weighted by Gasteiger charge is 2.18. The van der Waals surface area contributed by atoms with Crippen molar-refractivity contribution in [3.63, 3.8) is 0 Å². The predicted molar refractivity (Wildman–Crippen MR) is 108 cm³/mol. The van der Waals surface area contributed by atoms with E-state index in [2.05, 4.69) is 15.9 Å². The van der Waals surface area contributed by atoms with Gasteiger partial charge in [0, 0.05) is 16.6 Å². The number of nitrogens with zero attached hydrogens (tertiary/aromatic N) is 1. The Labute approximate surface area is 172 Å². The van der Waals surface area contributed by atoms with Crippen LogP contribution in [0, 0.1) is 0 Å². The van der Waals surface area contributed by atoms with Gasteiger partial charge >= 0.3 is 10.1 Å². The van der Waals surface area contributed by atoms with Crippen LogP contribution in [-0.4, -0.2) is 25.5 Å². The van der Waals surface area contributed by atoms with Crippen molar-refractivity contribution in [3.05, 3.63) is 88.3 Å². The number of furan rings is 1. The molecule has 0 unspecified atom stereocenters. The Morgan fingerprint density at radius 2 is 1.82 bits per heavy atom. The van der Waals surface area contributed by atoms with Crippen molar-refractivity contribution < 1.29 is 21.8 Å². The third-order valence-corrected chi connectivity index (χ3v) is 4.85. The fourth-order valence-electron chi connectivity index (χ4n) is 2.66. The zero-order valence-electron chi connectivity index (χ0n) is 15.0. The van der Waals surface area contributed by atoms with Crippen molar-refractivity contribution in [1.82, 2.24) is 4.90 Å². The van der Waals surface area contributed by atoms with Gasteiger partial charge in [-0.05, 0) is 54.1 Å². The summed E-state index contributed by atoms with van der Waals surface area (Å²) in [5, 5.41) is 0. The maximum absolute atomic E-state index is 13.0. The number of carbonyl (C=O) groups is 1. The average molecular weight is 464 g/mol. The lowest BCUT2D eigenvalue weighted by Crippen LogP contribution is -2.30. The average Bonchev–Trinajstić information content (AvgIpc) is 3.13. The first-order valence-electron chi connectivity index (χ1n) is 8.36. The molecule has 146 valence electrons. The molecule has 1 heterocycles. The van der Waals surface area contributed by atoms with Crippen LogP contribution in [0.1, 0.15) is 21.7 Å². The van der Waals surface area contributed by atoms with Crippen LogP contribution in [0.3, 0.4) is 0 Å². The van der Waals surface area contributed by atoms with E-state index in [1.54, 1.807) is 71.8 Å². The van der Waals surface area contributed by atoms with Gasteiger partial charge in [-0.3, -0.25) is 4.79 Å². The Morgan fingerprint density at radius 1 is 1.07 bits per heavy atom. The molecule has 6 nitrogen and oxygen atoms in total. The standard InChI is InChI=1S/C20H18BrNO5S/c1-28(24,25)27-18-5-2-4-15(12-18)13-22(14-19-6-3-11-26-19)20(23)16-7-9-17(21)10-8-16/h2-12H,13-14H2,1H3. The highest BCUT2D eigenvalue weighted by atomic mass is 79.9. The lowest BCUT2D eigenvalue weighted by atomic mass is 10.1. The Kier molecular flexibility index (Phi) is 6.21. The van der Waals surface area contributed by atoms with Crippen molar-refractivity contribution in [2.45, 2.75) is 13.1 Å². The molecule has 0 aliphatic rings. The topological polar surface area (TPSA) is 76.8 Å². The molecule has 0 spiro atoms. The van der Waals surface area contributed by atoms with Crippen LogP contribution in [-0.2, 0) is 23.2 Å². The van der Waals surface area contributed by atoms with Gasteiger partial charge < -0.3 is 13.5 Å². The summed E-state index contributed by atoms with van der Waals surface area (Å²) in [4.78, 5) is 14.7. The van der Waals surface area contributed by atoms with Crippen molar-refractivity contribution in [1.29, 1.82) is 0 Å². The second-order valence-electron chi connectivity index (χ2n) is 6.18. The zero-order valence-corrected chi connectivity index (χ0v) is 17.4. The Balaban J connectivity index is 1.86. The SMILES string of the molecule is CS(=O)(=O)Oc1cccc(CN(Cc2ccco2)C(=O)c2ccc(Br)cc2)c1. The maximum atomic E-state index is 13.0. The molecule has 0 aliphatic heterocycles. The van der Waals surface area contributed by atoms with Gasteiger partial charge in [-0.2, -0.15) is 8.42 Å². The maximum Gasteiger partial charge on any atom is 0.306 e. The van der Waals surface area contributed by atoms with Crippen molar-refractivity contribution in [2.75, 3.05) is 6.26 Å². The number of halogens is 1. The number of carbonyl (C=O) groups excluding carboxylic acids is 1. The van der Waals surface area contributed by atoms with E-state index in [0.29, 0.717) is 11.3 Å². The largest absolute Gasteiger partial charge is 0.467 e. The quantitative estimate of drug-likeness (QED) is 0.490. The van der Waals surface area contributed by atoms with Crippen molar-refractivity contribution >= 4 is 32.0 Å². The molecule has 0 aliphatic carbocycles. The lowest BCUT2D eigenvalue weighted by molar-refractivity contribution is 0.0717. The summed E-state index contributed by atoms with van der Waals surface area (Å²) in [7, 11) is -3.63. The molecular weight excluding hydrogens is 446 g/mol. The molecule has 1 aromatic heterocycles. The van der Waals surface area contributed by atoms with Gasteiger partial charge in [0.05, 0.1) is 19.1 Å². The summed E-state index contributed by atoms with van der Waals surface area (Å²) >= 11 is 3.36. The van der Waals surface area contributed by atoms with Gasteiger partial charge in [-0.15, -0.1) is 0 Å². The summed E-state index contributed by atoms with van der Waals surface area (Å²) in [6.45, 7) is 0.537. The molecule has 0 N–H and O–H groups in total. The number of benzene rings is 2. The summed E-state index contributed by atoms with van der Waals surface area (Å²) in [6, 6.07) is 17.3. The molecule has 0 bridgehead atoms. The highest BCUT2D eigenvalue weighted by molar-refractivity contribution is 9.10. The fraction of sp³-hybridized carbons (Fsp3) is 0.150. The van der Waals surface area contributed by atoms with E-state index in [-0.39, 0.29) is 24.7 Å². The first-order valence-corrected chi connectivity index (χ1v) is 11.0. The minimum Gasteiger partial charge on any atom is -0.467 e. The number of rotatable bonds is 7. The minimum atomic E-state index is -3.63. The zero-order chi connectivity index (χ0) is 20.1. The van der Waals surface area contributed by atoms with E-state index in [0.717, 1.165) is 16.3 Å². The van der Waals surface area contributed by atoms with Crippen molar-refractivity contribution in [3.8, 4) is 5.75 Å².